The third kappa shape index (κ3) is 6.07. The molecular weight excluding hydrogens is 416 g/mol. The average Bonchev–Trinajstić information content (AvgIpc) is 2.63. The molecule has 26 heavy (non-hydrogen) atoms. The Kier molecular flexibility index (Phi) is 8.00. The van der Waals surface area contributed by atoms with E-state index in [1.165, 1.54) is 4.90 Å². The lowest BCUT2D eigenvalue weighted by Gasteiger charge is -2.16. The fourth-order valence-corrected chi connectivity index (χ4v) is 3.65. The van der Waals surface area contributed by atoms with Crippen molar-refractivity contribution in [1.82, 2.24) is 0 Å². The zero-order chi connectivity index (χ0) is 18.9. The van der Waals surface area contributed by atoms with E-state index in [9.17, 15) is 9.59 Å². The van der Waals surface area contributed by atoms with Gasteiger partial charge in [-0.05, 0) is 59.3 Å². The van der Waals surface area contributed by atoms with Gasteiger partial charge in [0.25, 0.3) is 0 Å². The number of anilines is 2. The zero-order valence-corrected chi connectivity index (χ0v) is 17.1. The number of carbonyl (C=O) groups is 2. The molecule has 0 radical (unpaired) electrons. The van der Waals surface area contributed by atoms with Crippen LogP contribution in [-0.2, 0) is 9.53 Å². The Balaban J connectivity index is 1.82. The summed E-state index contributed by atoms with van der Waals surface area (Å²) in [4.78, 5) is 26.3. The Morgan fingerprint density at radius 1 is 1.15 bits per heavy atom. The number of benzene rings is 2. The molecule has 2 aromatic rings. The van der Waals surface area contributed by atoms with E-state index in [1.54, 1.807) is 50.0 Å². The van der Waals surface area contributed by atoms with Gasteiger partial charge in [-0.15, -0.1) is 11.8 Å². The van der Waals surface area contributed by atoms with Gasteiger partial charge in [-0.2, -0.15) is 0 Å². The first-order valence-electron chi connectivity index (χ1n) is 8.19. The first-order chi connectivity index (χ1) is 12.5. The van der Waals surface area contributed by atoms with Crippen LogP contribution in [-0.4, -0.2) is 31.4 Å². The lowest BCUT2D eigenvalue weighted by Crippen LogP contribution is -2.26. The summed E-state index contributed by atoms with van der Waals surface area (Å²) in [6, 6.07) is 15.0. The maximum atomic E-state index is 12.1. The van der Waals surface area contributed by atoms with Gasteiger partial charge < -0.3 is 10.1 Å². The summed E-state index contributed by atoms with van der Waals surface area (Å²) in [5.41, 5.74) is 1.40. The highest BCUT2D eigenvalue weighted by molar-refractivity contribution is 9.10. The fraction of sp³-hybridized carbons (Fsp3) is 0.263. The highest BCUT2D eigenvalue weighted by Crippen LogP contribution is 2.27. The van der Waals surface area contributed by atoms with E-state index in [-0.39, 0.29) is 5.91 Å². The second-order valence-electron chi connectivity index (χ2n) is 5.38. The average molecular weight is 437 g/mol. The van der Waals surface area contributed by atoms with Crippen molar-refractivity contribution in [1.29, 1.82) is 0 Å². The molecule has 5 nitrogen and oxygen atoms in total. The molecule has 0 unspecified atom stereocenters. The van der Waals surface area contributed by atoms with E-state index in [0.717, 1.165) is 9.37 Å². The van der Waals surface area contributed by atoms with E-state index < -0.39 is 6.09 Å². The normalized spacial score (nSPS) is 10.3. The standard InChI is InChI=1S/C19H21BrN2O3S/c1-3-25-19(24)22(2)15-10-8-14(9-11-15)21-18(23)12-13-26-17-7-5-4-6-16(17)20/h4-11H,3,12-13H2,1-2H3,(H,21,23). The number of nitrogens with one attached hydrogen (secondary N) is 1. The van der Waals surface area contributed by atoms with E-state index in [2.05, 4.69) is 21.2 Å². The van der Waals surface area contributed by atoms with E-state index in [4.69, 9.17) is 4.74 Å². The summed E-state index contributed by atoms with van der Waals surface area (Å²) in [6.45, 7) is 2.09. The summed E-state index contributed by atoms with van der Waals surface area (Å²) in [7, 11) is 1.64. The number of carbonyl (C=O) groups excluding carboxylic acids is 2. The van der Waals surface area contributed by atoms with Gasteiger partial charge in [-0.25, -0.2) is 4.79 Å². The van der Waals surface area contributed by atoms with E-state index >= 15 is 0 Å². The van der Waals surface area contributed by atoms with Crippen LogP contribution in [0.2, 0.25) is 0 Å². The summed E-state index contributed by atoms with van der Waals surface area (Å²) < 4.78 is 5.99. The number of amides is 2. The molecule has 0 aliphatic heterocycles. The molecule has 0 aliphatic carbocycles. The lowest BCUT2D eigenvalue weighted by atomic mass is 10.2. The predicted molar refractivity (Wildman–Crippen MR) is 110 cm³/mol. The van der Waals surface area contributed by atoms with Crippen molar-refractivity contribution < 1.29 is 14.3 Å². The molecule has 7 heteroatoms. The monoisotopic (exact) mass is 436 g/mol. The van der Waals surface area contributed by atoms with Crippen LogP contribution in [0.1, 0.15) is 13.3 Å². The van der Waals surface area contributed by atoms with E-state index in [0.29, 0.717) is 30.2 Å². The van der Waals surface area contributed by atoms with Crippen molar-refractivity contribution in [2.45, 2.75) is 18.2 Å². The van der Waals surface area contributed by atoms with Gasteiger partial charge >= 0.3 is 6.09 Å². The largest absolute Gasteiger partial charge is 0.449 e. The van der Waals surface area contributed by atoms with Gasteiger partial charge in [-0.1, -0.05) is 12.1 Å². The third-order valence-electron chi connectivity index (χ3n) is 3.50. The number of nitrogens with zero attached hydrogens (tertiary/aromatic N) is 1. The Labute approximate surface area is 166 Å². The van der Waals surface area contributed by atoms with Crippen LogP contribution < -0.4 is 10.2 Å². The van der Waals surface area contributed by atoms with E-state index in [1.807, 2.05) is 24.3 Å². The minimum absolute atomic E-state index is 0.0453. The molecule has 0 bridgehead atoms. The Hall–Kier alpha value is -1.99. The molecular formula is C19H21BrN2O3S. The van der Waals surface area contributed by atoms with Gasteiger partial charge in [0.15, 0.2) is 0 Å². The topological polar surface area (TPSA) is 58.6 Å². The molecule has 0 saturated carbocycles. The van der Waals surface area contributed by atoms with Gasteiger partial charge in [-0.3, -0.25) is 9.69 Å². The molecule has 0 spiro atoms. The first-order valence-corrected chi connectivity index (χ1v) is 9.97. The highest BCUT2D eigenvalue weighted by atomic mass is 79.9. The van der Waals surface area contributed by atoms with Crippen LogP contribution in [0.25, 0.3) is 0 Å². The van der Waals surface area contributed by atoms with Crippen LogP contribution in [0, 0.1) is 0 Å². The second-order valence-corrected chi connectivity index (χ2v) is 7.37. The van der Waals surface area contributed by atoms with Crippen molar-refractivity contribution >= 4 is 51.1 Å². The smallest absolute Gasteiger partial charge is 0.413 e. The molecule has 2 aromatic carbocycles. The molecule has 0 atom stereocenters. The molecule has 1 N–H and O–H groups in total. The summed E-state index contributed by atoms with van der Waals surface area (Å²) in [5.74, 6) is 0.647. The van der Waals surface area contributed by atoms with Gasteiger partial charge in [0.05, 0.1) is 6.61 Å². The molecule has 2 amide bonds. The van der Waals surface area contributed by atoms with Crippen LogP contribution in [0.5, 0.6) is 0 Å². The molecule has 0 aliphatic rings. The fourth-order valence-electron chi connectivity index (χ4n) is 2.13. The molecule has 0 fully saturated rings. The predicted octanol–water partition coefficient (Wildman–Crippen LogP) is 5.16. The first kappa shape index (κ1) is 20.3. The quantitative estimate of drug-likeness (QED) is 0.608. The molecule has 2 rings (SSSR count). The van der Waals surface area contributed by atoms with Gasteiger partial charge in [0, 0.05) is 40.0 Å². The van der Waals surface area contributed by atoms with Crippen molar-refractivity contribution in [3.8, 4) is 0 Å². The number of ether oxygens (including phenoxy) is 1. The van der Waals surface area contributed by atoms with Gasteiger partial charge in [0.1, 0.15) is 0 Å². The van der Waals surface area contributed by atoms with Crippen LogP contribution >= 0.6 is 27.7 Å². The third-order valence-corrected chi connectivity index (χ3v) is 5.53. The van der Waals surface area contributed by atoms with Crippen molar-refractivity contribution in [2.24, 2.45) is 0 Å². The highest BCUT2D eigenvalue weighted by Gasteiger charge is 2.11. The van der Waals surface area contributed by atoms with Crippen LogP contribution in [0.4, 0.5) is 16.2 Å². The van der Waals surface area contributed by atoms with Crippen LogP contribution in [0.3, 0.4) is 0 Å². The summed E-state index contributed by atoms with van der Waals surface area (Å²) >= 11 is 5.13. The maximum absolute atomic E-state index is 12.1. The number of rotatable bonds is 7. The number of hydrogen-bond donors (Lipinski definition) is 1. The second kappa shape index (κ2) is 10.2. The SMILES string of the molecule is CCOC(=O)N(C)c1ccc(NC(=O)CCSc2ccccc2Br)cc1. The molecule has 0 heterocycles. The number of thioether (sulfide) groups is 1. The maximum Gasteiger partial charge on any atom is 0.413 e. The summed E-state index contributed by atoms with van der Waals surface area (Å²) in [5, 5.41) is 2.86. The minimum atomic E-state index is -0.409. The van der Waals surface area contributed by atoms with Crippen molar-refractivity contribution in [2.75, 3.05) is 29.6 Å². The summed E-state index contributed by atoms with van der Waals surface area (Å²) in [6.07, 6.45) is 0.00427. The van der Waals surface area contributed by atoms with Crippen molar-refractivity contribution in [3.05, 3.63) is 53.0 Å². The Morgan fingerprint density at radius 3 is 2.50 bits per heavy atom. The number of halogens is 1. The molecule has 0 saturated heterocycles. The Bertz CT molecular complexity index is 753. The van der Waals surface area contributed by atoms with Crippen molar-refractivity contribution in [3.63, 3.8) is 0 Å². The zero-order valence-electron chi connectivity index (χ0n) is 14.7. The minimum Gasteiger partial charge on any atom is -0.449 e. The molecule has 0 aromatic heterocycles. The Morgan fingerprint density at radius 2 is 1.85 bits per heavy atom. The van der Waals surface area contributed by atoms with Crippen LogP contribution in [0.15, 0.2) is 57.9 Å². The number of hydrogen-bond acceptors (Lipinski definition) is 4. The van der Waals surface area contributed by atoms with Gasteiger partial charge in [0.2, 0.25) is 5.91 Å². The molecule has 138 valence electrons. The lowest BCUT2D eigenvalue weighted by molar-refractivity contribution is -0.115.